The van der Waals surface area contributed by atoms with Crippen LogP contribution in [0, 0.1) is 65.6 Å². The van der Waals surface area contributed by atoms with Gasteiger partial charge in [-0.2, -0.15) is 0 Å². The molecule has 0 spiro atoms. The third kappa shape index (κ3) is 4.70. The zero-order chi connectivity index (χ0) is 33.2. The van der Waals surface area contributed by atoms with E-state index < -0.39 is 10.3 Å². The van der Waals surface area contributed by atoms with Crippen molar-refractivity contribution in [1.82, 2.24) is 0 Å². The molecule has 0 N–H and O–H groups in total. The second kappa shape index (κ2) is 11.1. The summed E-state index contributed by atoms with van der Waals surface area (Å²) in [5.41, 5.74) is 0.689. The van der Waals surface area contributed by atoms with Gasteiger partial charge in [0.05, 0.1) is 21.0 Å². The molecule has 0 unspecified atom stereocenters. The molecular weight excluding hydrogens is 580 g/mol. The zero-order valence-corrected chi connectivity index (χ0v) is 27.5. The summed E-state index contributed by atoms with van der Waals surface area (Å²) in [4.78, 5) is 50.2. The number of fused-ring (bicyclic) bond motifs is 5. The minimum Gasteiger partial charge on any atom is -0.295 e. The van der Waals surface area contributed by atoms with Crippen molar-refractivity contribution in [3.05, 3.63) is 91.5 Å². The van der Waals surface area contributed by atoms with Gasteiger partial charge in [0.2, 0.25) is 0 Å². The Labute approximate surface area is 270 Å². The van der Waals surface area contributed by atoms with Gasteiger partial charge in [0.15, 0.2) is 11.6 Å². The highest BCUT2D eigenvalue weighted by atomic mass is 16.6. The molecule has 0 heterocycles. The van der Waals surface area contributed by atoms with E-state index in [4.69, 9.17) is 0 Å². The molecule has 0 aromatic heterocycles. The van der Waals surface area contributed by atoms with Crippen molar-refractivity contribution >= 4 is 35.1 Å². The average molecular weight is 625 g/mol. The van der Waals surface area contributed by atoms with Crippen LogP contribution in [0.1, 0.15) is 90.7 Å². The number of nitrogens with zero attached hydrogens (tertiary/aromatic N) is 2. The fourth-order valence-corrected chi connectivity index (χ4v) is 11.1. The number of para-hydroxylation sites is 2. The first-order valence-electron chi connectivity index (χ1n) is 16.6. The Kier molecular flexibility index (Phi) is 7.72. The molecule has 2 aromatic carbocycles. The van der Waals surface area contributed by atoms with E-state index in [1.807, 2.05) is 0 Å². The maximum Gasteiger partial charge on any atom is 0.276 e. The number of carbonyl (C=O) groups excluding carboxylic acids is 2. The lowest BCUT2D eigenvalue weighted by atomic mass is 9.35. The van der Waals surface area contributed by atoms with E-state index in [-0.39, 0.29) is 61.9 Å². The van der Waals surface area contributed by atoms with Gasteiger partial charge in [-0.25, -0.2) is 0 Å². The first-order valence-corrected chi connectivity index (χ1v) is 16.6. The molecule has 6 rings (SSSR count). The number of carbonyl (C=O) groups is 2. The molecule has 8 nitrogen and oxygen atoms in total. The Hall–Kier alpha value is -3.94. The number of Topliss-reactive ketones (excluding diaryl/α,β-unsaturated/α-hetero) is 1. The van der Waals surface area contributed by atoms with Crippen LogP contribution in [0.3, 0.4) is 0 Å². The predicted molar refractivity (Wildman–Crippen MR) is 178 cm³/mol. The summed E-state index contributed by atoms with van der Waals surface area (Å²) in [7, 11) is 0. The topological polar surface area (TPSA) is 120 Å². The Morgan fingerprint density at radius 2 is 1.37 bits per heavy atom. The van der Waals surface area contributed by atoms with E-state index in [0.717, 1.165) is 38.5 Å². The lowest BCUT2D eigenvalue weighted by Gasteiger charge is -2.69. The van der Waals surface area contributed by atoms with Crippen LogP contribution in [-0.2, 0) is 9.59 Å². The molecule has 4 aliphatic rings. The smallest absolute Gasteiger partial charge is 0.276 e. The lowest BCUT2D eigenvalue weighted by molar-refractivity contribution is -0.385. The number of hydrogen-bond acceptors (Lipinski definition) is 6. The third-order valence-corrected chi connectivity index (χ3v) is 13.4. The van der Waals surface area contributed by atoms with Gasteiger partial charge >= 0.3 is 0 Å². The van der Waals surface area contributed by atoms with E-state index in [0.29, 0.717) is 29.0 Å². The summed E-state index contributed by atoms with van der Waals surface area (Å²) in [5.74, 6) is 0.763. The number of nitro benzene ring substituents is 2. The largest absolute Gasteiger partial charge is 0.295 e. The van der Waals surface area contributed by atoms with Gasteiger partial charge in [-0.15, -0.1) is 0 Å². The molecule has 8 heteroatoms. The second-order valence-corrected chi connectivity index (χ2v) is 15.6. The molecular formula is C38H44N2O6. The van der Waals surface area contributed by atoms with Crippen LogP contribution < -0.4 is 0 Å². The summed E-state index contributed by atoms with van der Waals surface area (Å²) in [5, 5.41) is 23.3. The van der Waals surface area contributed by atoms with Crippen LogP contribution in [0.2, 0.25) is 0 Å². The van der Waals surface area contributed by atoms with E-state index in [1.165, 1.54) is 12.1 Å². The number of nitro groups is 2. The predicted octanol–water partition coefficient (Wildman–Crippen LogP) is 9.03. The molecule has 2 aromatic rings. The number of rotatable bonds is 6. The van der Waals surface area contributed by atoms with Crippen molar-refractivity contribution in [2.75, 3.05) is 0 Å². The van der Waals surface area contributed by atoms with Crippen molar-refractivity contribution in [1.29, 1.82) is 0 Å². The van der Waals surface area contributed by atoms with Gasteiger partial charge in [0.25, 0.3) is 11.4 Å². The van der Waals surface area contributed by atoms with Gasteiger partial charge in [0, 0.05) is 23.5 Å². The standard InChI is InChI=1S/C38H44N2O6/c1-35(2)32-19-21-38(5)33(36(32,3)23-26(34(35)42)22-25-11-7-9-13-30(25)40(45)46)17-15-28-27(18-20-37(28,38)4)31(41)16-14-24-10-6-8-12-29(24)39(43)44/h6-14,16,22,27-28,32-33H,15,17-21,23H2,1-5H3/b16-14+,26-22-/t27-,28+,32-,33+,36-,37+,38+/m0/s1. The van der Waals surface area contributed by atoms with Crippen molar-refractivity contribution in [2.24, 2.45) is 45.3 Å². The van der Waals surface area contributed by atoms with Gasteiger partial charge in [-0.1, -0.05) is 58.9 Å². The van der Waals surface area contributed by atoms with Gasteiger partial charge in [-0.3, -0.25) is 29.8 Å². The Bertz CT molecular complexity index is 1690. The summed E-state index contributed by atoms with van der Waals surface area (Å²) < 4.78 is 0. The monoisotopic (exact) mass is 624 g/mol. The van der Waals surface area contributed by atoms with Crippen LogP contribution in [0.4, 0.5) is 11.4 Å². The fourth-order valence-electron chi connectivity index (χ4n) is 11.1. The quantitative estimate of drug-likeness (QED) is 0.180. The molecule has 0 amide bonds. The fraction of sp³-hybridized carbons (Fsp3) is 0.526. The average Bonchev–Trinajstić information content (AvgIpc) is 3.37. The highest BCUT2D eigenvalue weighted by molar-refractivity contribution is 6.04. The summed E-state index contributed by atoms with van der Waals surface area (Å²) >= 11 is 0. The molecule has 0 bridgehead atoms. The molecule has 0 radical (unpaired) electrons. The van der Waals surface area contributed by atoms with Crippen molar-refractivity contribution in [2.45, 2.75) is 79.6 Å². The van der Waals surface area contributed by atoms with Crippen LogP contribution in [0.15, 0.2) is 60.2 Å². The summed E-state index contributed by atoms with van der Waals surface area (Å²) in [6.45, 7) is 11.3. The van der Waals surface area contributed by atoms with Crippen molar-refractivity contribution in [3.8, 4) is 0 Å². The number of ketones is 2. The van der Waals surface area contributed by atoms with E-state index in [9.17, 15) is 29.8 Å². The van der Waals surface area contributed by atoms with Gasteiger partial charge in [0.1, 0.15) is 0 Å². The molecule has 4 aliphatic carbocycles. The molecule has 242 valence electrons. The molecule has 0 saturated heterocycles. The number of benzene rings is 2. The zero-order valence-electron chi connectivity index (χ0n) is 27.5. The number of allylic oxidation sites excluding steroid dienone is 2. The molecule has 4 fully saturated rings. The van der Waals surface area contributed by atoms with Crippen LogP contribution in [0.5, 0.6) is 0 Å². The van der Waals surface area contributed by atoms with Gasteiger partial charge < -0.3 is 0 Å². The first-order chi connectivity index (χ1) is 21.6. The minimum absolute atomic E-state index is 0.00645. The third-order valence-electron chi connectivity index (χ3n) is 13.4. The Morgan fingerprint density at radius 3 is 2.02 bits per heavy atom. The maximum atomic E-state index is 14.0. The van der Waals surface area contributed by atoms with Crippen molar-refractivity contribution in [3.63, 3.8) is 0 Å². The lowest BCUT2D eigenvalue weighted by Crippen LogP contribution is -2.63. The molecule has 0 aliphatic heterocycles. The molecule has 46 heavy (non-hydrogen) atoms. The SMILES string of the molecule is CC1(C)C(=O)/C(=C\c2ccccc2[N+](=O)[O-])C[C@]2(C)[C@H]3CC[C@@H]4[C@@H](C(=O)/C=C/c5ccccc5[N+](=O)[O-])CC[C@@]4(C)[C@]3(C)CC[C@@H]12. The Morgan fingerprint density at radius 1 is 0.783 bits per heavy atom. The summed E-state index contributed by atoms with van der Waals surface area (Å²) in [6, 6.07) is 13.1. The highest BCUT2D eigenvalue weighted by Gasteiger charge is 2.69. The molecule has 7 atom stereocenters. The normalized spacial score (nSPS) is 35.8. The highest BCUT2D eigenvalue weighted by Crippen LogP contribution is 2.75. The molecule has 4 saturated carbocycles. The van der Waals surface area contributed by atoms with Crippen LogP contribution in [-0.4, -0.2) is 21.4 Å². The maximum absolute atomic E-state index is 14.0. The van der Waals surface area contributed by atoms with E-state index in [2.05, 4.69) is 34.6 Å². The van der Waals surface area contributed by atoms with E-state index >= 15 is 0 Å². The Balaban J connectivity index is 1.31. The second-order valence-electron chi connectivity index (χ2n) is 15.6. The van der Waals surface area contributed by atoms with Crippen LogP contribution in [0.25, 0.3) is 12.2 Å². The van der Waals surface area contributed by atoms with Crippen molar-refractivity contribution < 1.29 is 19.4 Å². The van der Waals surface area contributed by atoms with E-state index in [1.54, 1.807) is 54.6 Å². The summed E-state index contributed by atoms with van der Waals surface area (Å²) in [6.07, 6.45) is 11.1. The minimum atomic E-state index is -0.597. The number of hydrogen-bond donors (Lipinski definition) is 0. The van der Waals surface area contributed by atoms with Crippen LogP contribution >= 0.6 is 0 Å². The first kappa shape index (κ1) is 32.0. The van der Waals surface area contributed by atoms with Gasteiger partial charge in [-0.05, 0) is 115 Å².